The second-order valence-corrected chi connectivity index (χ2v) is 7.34. The Hall–Kier alpha value is -3.32. The van der Waals surface area contributed by atoms with Crippen LogP contribution in [0.2, 0.25) is 0 Å². The van der Waals surface area contributed by atoms with Gasteiger partial charge in [0.05, 0.1) is 26.5 Å². The normalized spacial score (nSPS) is 15.4. The minimum absolute atomic E-state index is 0.0983. The highest BCUT2D eigenvalue weighted by Crippen LogP contribution is 2.28. The molecule has 0 bridgehead atoms. The topological polar surface area (TPSA) is 77.4 Å². The van der Waals surface area contributed by atoms with E-state index in [9.17, 15) is 4.79 Å². The second kappa shape index (κ2) is 8.59. The Morgan fingerprint density at radius 1 is 1.10 bits per heavy atom. The number of benzene rings is 2. The summed E-state index contributed by atoms with van der Waals surface area (Å²) in [5, 5.41) is 11.2. The molecule has 0 fully saturated rings. The molecule has 1 atom stereocenters. The molecule has 3 aromatic rings. The van der Waals surface area contributed by atoms with E-state index in [0.29, 0.717) is 18.0 Å². The van der Waals surface area contributed by atoms with Crippen molar-refractivity contribution in [2.24, 2.45) is 0 Å². The summed E-state index contributed by atoms with van der Waals surface area (Å²) in [6.07, 6.45) is 0.712. The van der Waals surface area contributed by atoms with Crippen LogP contribution in [0.4, 0.5) is 0 Å². The average Bonchev–Trinajstić information content (AvgIpc) is 3.22. The first-order chi connectivity index (χ1) is 14.6. The van der Waals surface area contributed by atoms with Gasteiger partial charge in [-0.05, 0) is 37.1 Å². The van der Waals surface area contributed by atoms with Crippen molar-refractivity contribution in [3.63, 3.8) is 0 Å². The van der Waals surface area contributed by atoms with E-state index in [1.807, 2.05) is 55.5 Å². The number of methoxy groups -OCH3 is 2. The van der Waals surface area contributed by atoms with Crippen LogP contribution >= 0.6 is 0 Å². The number of aryl methyl sites for hydroxylation is 1. The SMILES string of the molecule is COc1ccc(CCN[C@@H]2CNC(=O)c3cc(-c4ccc(C)cc4)nn32)cc1OC. The summed E-state index contributed by atoms with van der Waals surface area (Å²) in [6.45, 7) is 3.27. The van der Waals surface area contributed by atoms with Gasteiger partial charge in [-0.2, -0.15) is 5.10 Å². The van der Waals surface area contributed by atoms with Gasteiger partial charge in [-0.15, -0.1) is 0 Å². The molecule has 0 radical (unpaired) electrons. The van der Waals surface area contributed by atoms with Gasteiger partial charge in [0.25, 0.3) is 5.91 Å². The quantitative estimate of drug-likeness (QED) is 0.631. The van der Waals surface area contributed by atoms with Crippen molar-refractivity contribution in [1.82, 2.24) is 20.4 Å². The first-order valence-electron chi connectivity index (χ1n) is 9.98. The van der Waals surface area contributed by atoms with E-state index >= 15 is 0 Å². The zero-order valence-electron chi connectivity index (χ0n) is 17.4. The Morgan fingerprint density at radius 2 is 1.87 bits per heavy atom. The predicted octanol–water partition coefficient (Wildman–Crippen LogP) is 2.95. The summed E-state index contributed by atoms with van der Waals surface area (Å²) in [6, 6.07) is 15.9. The number of ether oxygens (including phenoxy) is 2. The summed E-state index contributed by atoms with van der Waals surface area (Å²) >= 11 is 0. The number of nitrogens with zero attached hydrogens (tertiary/aromatic N) is 2. The maximum atomic E-state index is 12.3. The lowest BCUT2D eigenvalue weighted by Gasteiger charge is -2.25. The minimum Gasteiger partial charge on any atom is -0.493 e. The summed E-state index contributed by atoms with van der Waals surface area (Å²) in [5.74, 6) is 1.34. The van der Waals surface area contributed by atoms with Gasteiger partial charge in [0.1, 0.15) is 11.9 Å². The molecule has 2 heterocycles. The third-order valence-corrected chi connectivity index (χ3v) is 5.31. The van der Waals surface area contributed by atoms with E-state index in [2.05, 4.69) is 10.6 Å². The highest BCUT2D eigenvalue weighted by atomic mass is 16.5. The minimum atomic E-state index is -0.1000. The number of aromatic nitrogens is 2. The fourth-order valence-corrected chi connectivity index (χ4v) is 3.61. The zero-order valence-corrected chi connectivity index (χ0v) is 17.4. The van der Waals surface area contributed by atoms with E-state index in [-0.39, 0.29) is 12.1 Å². The summed E-state index contributed by atoms with van der Waals surface area (Å²) in [5.41, 5.74) is 4.70. The molecule has 0 saturated carbocycles. The van der Waals surface area contributed by atoms with Crippen molar-refractivity contribution in [3.05, 3.63) is 65.4 Å². The fourth-order valence-electron chi connectivity index (χ4n) is 3.61. The molecule has 4 rings (SSSR count). The standard InChI is InChI=1S/C23H26N4O3/c1-15-4-7-17(8-5-15)18-13-19-23(28)25-14-22(27(19)26-18)24-11-10-16-6-9-20(29-2)21(12-16)30-3/h4-9,12-13,22,24H,10-11,14H2,1-3H3,(H,25,28)/t22-/m0/s1. The van der Waals surface area contributed by atoms with Crippen LogP contribution in [0.5, 0.6) is 11.5 Å². The van der Waals surface area contributed by atoms with E-state index in [1.165, 1.54) is 5.56 Å². The summed E-state index contributed by atoms with van der Waals surface area (Å²) in [4.78, 5) is 12.3. The molecule has 0 aliphatic carbocycles. The first kappa shape index (κ1) is 20.0. The lowest BCUT2D eigenvalue weighted by Crippen LogP contribution is -2.45. The summed E-state index contributed by atoms with van der Waals surface area (Å²) < 4.78 is 12.5. The van der Waals surface area contributed by atoms with Gasteiger partial charge in [0.2, 0.25) is 0 Å². The second-order valence-electron chi connectivity index (χ2n) is 7.34. The molecular formula is C23H26N4O3. The van der Waals surface area contributed by atoms with Crippen LogP contribution in [0.15, 0.2) is 48.5 Å². The number of amides is 1. The Balaban J connectivity index is 1.47. The number of fused-ring (bicyclic) bond motifs is 1. The van der Waals surface area contributed by atoms with E-state index in [1.54, 1.807) is 18.9 Å². The van der Waals surface area contributed by atoms with Crippen LogP contribution in [-0.4, -0.2) is 43.0 Å². The van der Waals surface area contributed by atoms with Crippen molar-refractivity contribution >= 4 is 5.91 Å². The maximum absolute atomic E-state index is 12.3. The van der Waals surface area contributed by atoms with Gasteiger partial charge in [-0.1, -0.05) is 35.9 Å². The zero-order chi connectivity index (χ0) is 21.1. The van der Waals surface area contributed by atoms with Gasteiger partial charge < -0.3 is 14.8 Å². The lowest BCUT2D eigenvalue weighted by atomic mass is 10.1. The molecule has 1 aromatic heterocycles. The van der Waals surface area contributed by atoms with Crippen molar-refractivity contribution in [1.29, 1.82) is 0 Å². The first-order valence-corrected chi connectivity index (χ1v) is 9.98. The van der Waals surface area contributed by atoms with Gasteiger partial charge in [-0.3, -0.25) is 10.1 Å². The monoisotopic (exact) mass is 406 g/mol. The highest BCUT2D eigenvalue weighted by molar-refractivity contribution is 5.94. The Bertz CT molecular complexity index is 1040. The van der Waals surface area contributed by atoms with Crippen molar-refractivity contribution in [2.75, 3.05) is 27.3 Å². The average molecular weight is 406 g/mol. The Labute approximate surface area is 176 Å². The number of rotatable bonds is 7. The molecule has 1 aliphatic heterocycles. The van der Waals surface area contributed by atoms with Crippen LogP contribution in [0.3, 0.4) is 0 Å². The molecule has 0 saturated heterocycles. The Morgan fingerprint density at radius 3 is 2.60 bits per heavy atom. The fraction of sp³-hybridized carbons (Fsp3) is 0.304. The van der Waals surface area contributed by atoms with Crippen molar-refractivity contribution in [3.8, 4) is 22.8 Å². The number of carbonyl (C=O) groups is 1. The summed E-state index contributed by atoms with van der Waals surface area (Å²) in [7, 11) is 3.26. The Kier molecular flexibility index (Phi) is 5.72. The number of nitrogens with one attached hydrogen (secondary N) is 2. The van der Waals surface area contributed by atoms with Gasteiger partial charge >= 0.3 is 0 Å². The van der Waals surface area contributed by atoms with Crippen LogP contribution in [-0.2, 0) is 6.42 Å². The highest BCUT2D eigenvalue weighted by Gasteiger charge is 2.27. The van der Waals surface area contributed by atoms with Gasteiger partial charge in [-0.25, -0.2) is 4.68 Å². The molecule has 1 aliphatic rings. The van der Waals surface area contributed by atoms with E-state index < -0.39 is 0 Å². The van der Waals surface area contributed by atoms with Crippen molar-refractivity contribution in [2.45, 2.75) is 19.5 Å². The molecule has 30 heavy (non-hydrogen) atoms. The lowest BCUT2D eigenvalue weighted by molar-refractivity contribution is 0.0901. The molecule has 156 valence electrons. The molecule has 7 heteroatoms. The molecule has 1 amide bonds. The van der Waals surface area contributed by atoms with Crippen LogP contribution in [0, 0.1) is 6.92 Å². The number of hydrogen-bond donors (Lipinski definition) is 2. The predicted molar refractivity (Wildman–Crippen MR) is 115 cm³/mol. The van der Waals surface area contributed by atoms with Crippen LogP contribution in [0.1, 0.15) is 27.8 Å². The molecule has 2 N–H and O–H groups in total. The maximum Gasteiger partial charge on any atom is 0.269 e. The van der Waals surface area contributed by atoms with Gasteiger partial charge in [0, 0.05) is 12.1 Å². The number of carbonyl (C=O) groups excluding carboxylic acids is 1. The smallest absolute Gasteiger partial charge is 0.269 e. The molecule has 2 aromatic carbocycles. The molecule has 0 unspecified atom stereocenters. The third kappa shape index (κ3) is 4.02. The molecular weight excluding hydrogens is 380 g/mol. The van der Waals surface area contributed by atoms with E-state index in [4.69, 9.17) is 14.6 Å². The third-order valence-electron chi connectivity index (χ3n) is 5.31. The van der Waals surface area contributed by atoms with E-state index in [0.717, 1.165) is 35.5 Å². The number of hydrogen-bond acceptors (Lipinski definition) is 5. The largest absolute Gasteiger partial charge is 0.493 e. The van der Waals surface area contributed by atoms with Crippen LogP contribution < -0.4 is 20.1 Å². The molecule has 0 spiro atoms. The molecule has 7 nitrogen and oxygen atoms in total. The van der Waals surface area contributed by atoms with Crippen LogP contribution in [0.25, 0.3) is 11.3 Å². The van der Waals surface area contributed by atoms with Crippen molar-refractivity contribution < 1.29 is 14.3 Å². The van der Waals surface area contributed by atoms with Gasteiger partial charge in [0.15, 0.2) is 11.5 Å².